The maximum absolute atomic E-state index is 12.7. The molecule has 8 nitrogen and oxygen atoms in total. The summed E-state index contributed by atoms with van der Waals surface area (Å²) in [5.41, 5.74) is 1.87. The molecule has 26 heavy (non-hydrogen) atoms. The number of pyridine rings is 2. The van der Waals surface area contributed by atoms with Gasteiger partial charge in [0.05, 0.1) is 35.8 Å². The fraction of sp³-hybridized carbons (Fsp3) is 0.118. The summed E-state index contributed by atoms with van der Waals surface area (Å²) in [6.07, 6.45) is 3.07. The molecule has 3 rings (SSSR count). The highest BCUT2D eigenvalue weighted by Gasteiger charge is 2.20. The van der Waals surface area contributed by atoms with Crippen molar-refractivity contribution >= 4 is 33.9 Å². The minimum absolute atomic E-state index is 0.333. The summed E-state index contributed by atoms with van der Waals surface area (Å²) in [5, 5.41) is 15.5. The van der Waals surface area contributed by atoms with E-state index in [2.05, 4.69) is 31.0 Å². The van der Waals surface area contributed by atoms with Crippen LogP contribution in [0.5, 0.6) is 5.88 Å². The number of carbonyl (C=O) groups excluding carboxylic acids is 1. The maximum Gasteiger partial charge on any atom is 0.260 e. The summed E-state index contributed by atoms with van der Waals surface area (Å²) < 4.78 is 9.23. The fourth-order valence-electron chi connectivity index (χ4n) is 2.19. The van der Waals surface area contributed by atoms with Gasteiger partial charge in [-0.3, -0.25) is 4.79 Å². The van der Waals surface area contributed by atoms with Crippen LogP contribution in [0.2, 0.25) is 0 Å². The van der Waals surface area contributed by atoms with E-state index in [0.717, 1.165) is 11.5 Å². The highest BCUT2D eigenvalue weighted by molar-refractivity contribution is 7.10. The Morgan fingerprint density at radius 2 is 2.15 bits per heavy atom. The molecule has 0 spiro atoms. The van der Waals surface area contributed by atoms with Crippen molar-refractivity contribution in [3.63, 3.8) is 0 Å². The molecule has 0 radical (unpaired) electrons. The third kappa shape index (κ3) is 3.60. The first-order valence-corrected chi connectivity index (χ1v) is 8.29. The average Bonchev–Trinajstić information content (AvgIpc) is 3.03. The van der Waals surface area contributed by atoms with Gasteiger partial charge in [0, 0.05) is 12.3 Å². The van der Waals surface area contributed by atoms with Gasteiger partial charge in [-0.05, 0) is 36.7 Å². The van der Waals surface area contributed by atoms with E-state index in [1.807, 2.05) is 0 Å². The fourth-order valence-corrected chi connectivity index (χ4v) is 2.99. The van der Waals surface area contributed by atoms with Crippen molar-refractivity contribution in [3.8, 4) is 11.9 Å². The molecule has 9 heteroatoms. The molecule has 0 aromatic carbocycles. The molecule has 0 unspecified atom stereocenters. The normalized spacial score (nSPS) is 10.0. The van der Waals surface area contributed by atoms with Crippen molar-refractivity contribution in [3.05, 3.63) is 53.5 Å². The van der Waals surface area contributed by atoms with Crippen LogP contribution in [-0.2, 0) is 0 Å². The Morgan fingerprint density at radius 1 is 1.31 bits per heavy atom. The first-order valence-electron chi connectivity index (χ1n) is 7.52. The van der Waals surface area contributed by atoms with Crippen LogP contribution in [-0.4, -0.2) is 27.4 Å². The molecule has 0 fully saturated rings. The van der Waals surface area contributed by atoms with Gasteiger partial charge in [-0.1, -0.05) is 0 Å². The van der Waals surface area contributed by atoms with Gasteiger partial charge in [0.15, 0.2) is 0 Å². The summed E-state index contributed by atoms with van der Waals surface area (Å²) >= 11 is 1.13. The number of ether oxygens (including phenoxy) is 1. The van der Waals surface area contributed by atoms with Gasteiger partial charge in [-0.15, -0.1) is 0 Å². The maximum atomic E-state index is 12.7. The van der Waals surface area contributed by atoms with Gasteiger partial charge in [-0.2, -0.15) is 9.64 Å². The van der Waals surface area contributed by atoms with Gasteiger partial charge in [-0.25, -0.2) is 9.97 Å². The number of hydrogen-bond donors (Lipinski definition) is 2. The first kappa shape index (κ1) is 17.3. The molecule has 0 bridgehead atoms. The lowest BCUT2D eigenvalue weighted by Crippen LogP contribution is -2.14. The summed E-state index contributed by atoms with van der Waals surface area (Å²) in [5.74, 6) is 0.497. The molecule has 3 aromatic rings. The van der Waals surface area contributed by atoms with E-state index in [1.165, 1.54) is 13.3 Å². The number of nitrogens with one attached hydrogen (secondary N) is 2. The van der Waals surface area contributed by atoms with Gasteiger partial charge in [0.25, 0.3) is 5.91 Å². The molecule has 3 heterocycles. The van der Waals surface area contributed by atoms with Crippen molar-refractivity contribution < 1.29 is 9.53 Å². The highest BCUT2D eigenvalue weighted by atomic mass is 32.1. The molecule has 130 valence electrons. The van der Waals surface area contributed by atoms with Crippen molar-refractivity contribution in [1.82, 2.24) is 14.3 Å². The van der Waals surface area contributed by atoms with Crippen molar-refractivity contribution in [1.29, 1.82) is 5.26 Å². The van der Waals surface area contributed by atoms with E-state index >= 15 is 0 Å². The van der Waals surface area contributed by atoms with E-state index in [-0.39, 0.29) is 5.91 Å². The summed E-state index contributed by atoms with van der Waals surface area (Å²) in [4.78, 5) is 20.9. The molecule has 0 atom stereocenters. The Hall–Kier alpha value is -3.51. The number of hydrogen-bond acceptors (Lipinski definition) is 8. The monoisotopic (exact) mass is 366 g/mol. The zero-order chi connectivity index (χ0) is 18.5. The molecule has 0 saturated carbocycles. The second-order valence-corrected chi connectivity index (χ2v) is 5.93. The highest BCUT2D eigenvalue weighted by Crippen LogP contribution is 2.29. The Morgan fingerprint density at radius 3 is 2.85 bits per heavy atom. The molecule has 2 N–H and O–H groups in total. The van der Waals surface area contributed by atoms with Crippen LogP contribution in [0.25, 0.3) is 0 Å². The minimum atomic E-state index is -0.333. The number of rotatable bonds is 5. The molecular weight excluding hydrogens is 352 g/mol. The van der Waals surface area contributed by atoms with Crippen LogP contribution in [0.15, 0.2) is 36.7 Å². The Bertz CT molecular complexity index is 978. The standard InChI is InChI=1S/C17H14N6O2S/c1-10-14(16(24)21-12-5-6-13(25-2)20-9-12)17(26-23-10)22-15-11(8-18)4-3-7-19-15/h3-7,9H,1-2H3,(H,19,22)(H,21,24). The molecular formula is C17H14N6O2S. The largest absolute Gasteiger partial charge is 0.481 e. The van der Waals surface area contributed by atoms with E-state index < -0.39 is 0 Å². The summed E-state index contributed by atoms with van der Waals surface area (Å²) in [7, 11) is 1.52. The number of nitriles is 1. The predicted molar refractivity (Wildman–Crippen MR) is 97.8 cm³/mol. The molecule has 3 aromatic heterocycles. The smallest absolute Gasteiger partial charge is 0.260 e. The second-order valence-electron chi connectivity index (χ2n) is 5.15. The van der Waals surface area contributed by atoms with Crippen molar-refractivity contribution in [2.75, 3.05) is 17.7 Å². The summed E-state index contributed by atoms with van der Waals surface area (Å²) in [6.45, 7) is 1.74. The number of anilines is 3. The van der Waals surface area contributed by atoms with Crippen molar-refractivity contribution in [2.45, 2.75) is 6.92 Å². The van der Waals surface area contributed by atoms with Crippen LogP contribution in [0.1, 0.15) is 21.6 Å². The third-order valence-corrected chi connectivity index (χ3v) is 4.31. The van der Waals surface area contributed by atoms with Crippen LogP contribution in [0.4, 0.5) is 16.5 Å². The quantitative estimate of drug-likeness (QED) is 0.713. The van der Waals surface area contributed by atoms with Crippen molar-refractivity contribution in [2.24, 2.45) is 0 Å². The van der Waals surface area contributed by atoms with Gasteiger partial charge < -0.3 is 15.4 Å². The van der Waals surface area contributed by atoms with E-state index in [9.17, 15) is 10.1 Å². The van der Waals surface area contributed by atoms with Crippen LogP contribution in [0, 0.1) is 18.3 Å². The molecule has 0 aliphatic carbocycles. The van der Waals surface area contributed by atoms with E-state index in [0.29, 0.717) is 39.2 Å². The Kier molecular flexibility index (Phi) is 5.05. The number of nitrogens with zero attached hydrogens (tertiary/aromatic N) is 4. The lowest BCUT2D eigenvalue weighted by Gasteiger charge is -2.09. The van der Waals surface area contributed by atoms with Gasteiger partial charge in [0.1, 0.15) is 16.9 Å². The third-order valence-electron chi connectivity index (χ3n) is 3.45. The number of aromatic nitrogens is 3. The van der Waals surface area contributed by atoms with Gasteiger partial charge >= 0.3 is 0 Å². The minimum Gasteiger partial charge on any atom is -0.481 e. The van der Waals surface area contributed by atoms with E-state index in [4.69, 9.17) is 4.74 Å². The molecule has 0 aliphatic heterocycles. The second kappa shape index (κ2) is 7.58. The molecule has 0 aliphatic rings. The van der Waals surface area contributed by atoms with Crippen LogP contribution < -0.4 is 15.4 Å². The Balaban J connectivity index is 1.85. The summed E-state index contributed by atoms with van der Waals surface area (Å²) in [6, 6.07) is 8.72. The number of methoxy groups -OCH3 is 1. The molecule has 1 amide bonds. The molecule has 0 saturated heterocycles. The lowest BCUT2D eigenvalue weighted by atomic mass is 10.2. The lowest BCUT2D eigenvalue weighted by molar-refractivity contribution is 0.102. The number of aryl methyl sites for hydroxylation is 1. The van der Waals surface area contributed by atoms with Crippen LogP contribution in [0.3, 0.4) is 0 Å². The SMILES string of the molecule is COc1ccc(NC(=O)c2c(C)nsc2Nc2ncccc2C#N)cn1. The number of carbonyl (C=O) groups is 1. The zero-order valence-corrected chi connectivity index (χ0v) is 14.8. The number of amides is 1. The average molecular weight is 366 g/mol. The Labute approximate surface area is 153 Å². The topological polar surface area (TPSA) is 113 Å². The van der Waals surface area contributed by atoms with E-state index in [1.54, 1.807) is 37.4 Å². The first-order chi connectivity index (χ1) is 12.6. The van der Waals surface area contributed by atoms with Crippen LogP contribution >= 0.6 is 11.5 Å². The zero-order valence-electron chi connectivity index (χ0n) is 14.0. The predicted octanol–water partition coefficient (Wildman–Crippen LogP) is 3.12. The van der Waals surface area contributed by atoms with Gasteiger partial charge in [0.2, 0.25) is 5.88 Å².